The van der Waals surface area contributed by atoms with Gasteiger partial charge in [-0.2, -0.15) is 0 Å². The highest BCUT2D eigenvalue weighted by molar-refractivity contribution is 7.12. The molecule has 1 aromatic carbocycles. The number of carboxylic acid groups (broad SMARTS) is 1. The summed E-state index contributed by atoms with van der Waals surface area (Å²) in [5.74, 6) is -3.31. The quantitative estimate of drug-likeness (QED) is 0.880. The van der Waals surface area contributed by atoms with Crippen LogP contribution >= 0.6 is 11.3 Å². The molecule has 0 saturated heterocycles. The summed E-state index contributed by atoms with van der Waals surface area (Å²) in [7, 11) is 0. The molecule has 0 spiro atoms. The van der Waals surface area contributed by atoms with Gasteiger partial charge in [0, 0.05) is 22.4 Å². The molecule has 20 heavy (non-hydrogen) atoms. The lowest BCUT2D eigenvalue weighted by molar-refractivity contribution is 0.0692. The minimum absolute atomic E-state index is 0.0183. The van der Waals surface area contributed by atoms with E-state index < -0.39 is 23.2 Å². The first-order chi connectivity index (χ1) is 9.51. The van der Waals surface area contributed by atoms with Gasteiger partial charge in [0.15, 0.2) is 0 Å². The van der Waals surface area contributed by atoms with Gasteiger partial charge in [-0.1, -0.05) is 6.92 Å². The van der Waals surface area contributed by atoms with Gasteiger partial charge in [-0.3, -0.25) is 0 Å². The van der Waals surface area contributed by atoms with Crippen molar-refractivity contribution in [3.8, 4) is 0 Å². The number of hydrogen-bond acceptors (Lipinski definition) is 3. The first-order valence-corrected chi connectivity index (χ1v) is 6.86. The topological polar surface area (TPSA) is 49.3 Å². The number of benzene rings is 1. The van der Waals surface area contributed by atoms with E-state index in [1.807, 2.05) is 19.1 Å². The van der Waals surface area contributed by atoms with Crippen LogP contribution in [0.2, 0.25) is 0 Å². The van der Waals surface area contributed by atoms with Crippen molar-refractivity contribution in [1.82, 2.24) is 0 Å². The molecule has 0 bridgehead atoms. The summed E-state index contributed by atoms with van der Waals surface area (Å²) < 4.78 is 26.8. The van der Waals surface area contributed by atoms with Crippen molar-refractivity contribution in [2.45, 2.75) is 19.9 Å². The largest absolute Gasteiger partial charge is 0.478 e. The van der Waals surface area contributed by atoms with Crippen LogP contribution in [-0.4, -0.2) is 11.1 Å². The van der Waals surface area contributed by atoms with Crippen molar-refractivity contribution >= 4 is 23.0 Å². The molecule has 1 heterocycles. The van der Waals surface area contributed by atoms with Crippen molar-refractivity contribution in [3.63, 3.8) is 0 Å². The van der Waals surface area contributed by atoms with E-state index in [1.54, 1.807) is 11.3 Å². The highest BCUT2D eigenvalue weighted by Gasteiger charge is 2.15. The third-order valence-electron chi connectivity index (χ3n) is 2.81. The molecular formula is C14H13F2NO2S. The predicted octanol–water partition coefficient (Wildman–Crippen LogP) is 3.90. The molecule has 2 rings (SSSR count). The van der Waals surface area contributed by atoms with Crippen molar-refractivity contribution in [3.05, 3.63) is 51.2 Å². The van der Waals surface area contributed by atoms with Crippen molar-refractivity contribution < 1.29 is 18.7 Å². The Labute approximate surface area is 118 Å². The molecule has 0 aliphatic carbocycles. The number of nitrogens with one attached hydrogen (secondary N) is 1. The molecule has 6 heteroatoms. The number of thiophene rings is 1. The molecule has 0 radical (unpaired) electrons. The minimum Gasteiger partial charge on any atom is -0.478 e. The van der Waals surface area contributed by atoms with Gasteiger partial charge in [0.05, 0.1) is 11.3 Å². The van der Waals surface area contributed by atoms with Gasteiger partial charge in [0.1, 0.15) is 11.6 Å². The molecule has 0 atom stereocenters. The van der Waals surface area contributed by atoms with Crippen LogP contribution in [0.1, 0.15) is 27.0 Å². The Morgan fingerprint density at radius 1 is 1.25 bits per heavy atom. The fourth-order valence-corrected chi connectivity index (χ4v) is 2.64. The number of carbonyl (C=O) groups is 1. The van der Waals surface area contributed by atoms with Crippen LogP contribution in [0.5, 0.6) is 0 Å². The summed E-state index contributed by atoms with van der Waals surface area (Å²) in [6.07, 6.45) is 0.929. The van der Waals surface area contributed by atoms with Gasteiger partial charge >= 0.3 is 5.97 Å². The lowest BCUT2D eigenvalue weighted by Crippen LogP contribution is -2.06. The molecule has 0 aliphatic rings. The van der Waals surface area contributed by atoms with Crippen LogP contribution in [-0.2, 0) is 13.0 Å². The number of anilines is 1. The molecule has 0 unspecified atom stereocenters. The highest BCUT2D eigenvalue weighted by atomic mass is 32.1. The number of rotatable bonds is 5. The van der Waals surface area contributed by atoms with Gasteiger partial charge in [-0.15, -0.1) is 11.3 Å². The molecule has 3 nitrogen and oxygen atoms in total. The fraction of sp³-hybridized carbons (Fsp3) is 0.214. The third kappa shape index (κ3) is 3.14. The lowest BCUT2D eigenvalue weighted by Gasteiger charge is -2.08. The minimum atomic E-state index is -1.42. The predicted molar refractivity (Wildman–Crippen MR) is 74.3 cm³/mol. The Morgan fingerprint density at radius 3 is 2.55 bits per heavy atom. The van der Waals surface area contributed by atoms with Crippen LogP contribution < -0.4 is 5.32 Å². The smallest absolute Gasteiger partial charge is 0.338 e. The molecule has 0 fully saturated rings. The Kier molecular flexibility index (Phi) is 4.34. The average Bonchev–Trinajstić information content (AvgIpc) is 2.85. The Bertz CT molecular complexity index is 640. The Balaban J connectivity index is 2.16. The van der Waals surface area contributed by atoms with Gasteiger partial charge in [0.2, 0.25) is 0 Å². The van der Waals surface area contributed by atoms with E-state index in [0.29, 0.717) is 12.6 Å². The Morgan fingerprint density at radius 2 is 1.95 bits per heavy atom. The average molecular weight is 297 g/mol. The number of hydrogen-bond donors (Lipinski definition) is 2. The molecule has 106 valence electrons. The summed E-state index contributed by atoms with van der Waals surface area (Å²) in [6, 6.07) is 5.47. The first kappa shape index (κ1) is 14.5. The van der Waals surface area contributed by atoms with E-state index in [4.69, 9.17) is 5.11 Å². The van der Waals surface area contributed by atoms with Crippen LogP contribution in [0.15, 0.2) is 24.3 Å². The monoisotopic (exact) mass is 297 g/mol. The number of halogens is 2. The standard InChI is InChI=1S/C14H13F2NO2S/c1-2-8-3-4-9(20-8)7-17-13-5-10(14(18)19)11(15)6-12(13)16/h3-6,17H,2,7H2,1H3,(H,18,19). The molecule has 0 aliphatic heterocycles. The fourth-order valence-electron chi connectivity index (χ4n) is 1.74. The van der Waals surface area contributed by atoms with E-state index in [1.165, 1.54) is 4.88 Å². The zero-order chi connectivity index (χ0) is 14.7. The van der Waals surface area contributed by atoms with Crippen molar-refractivity contribution in [2.75, 3.05) is 5.32 Å². The normalized spacial score (nSPS) is 10.6. The zero-order valence-electron chi connectivity index (χ0n) is 10.7. The maximum absolute atomic E-state index is 13.6. The van der Waals surface area contributed by atoms with E-state index >= 15 is 0 Å². The zero-order valence-corrected chi connectivity index (χ0v) is 11.6. The van der Waals surface area contributed by atoms with Gasteiger partial charge < -0.3 is 10.4 Å². The maximum Gasteiger partial charge on any atom is 0.338 e. The molecule has 0 saturated carbocycles. The highest BCUT2D eigenvalue weighted by Crippen LogP contribution is 2.22. The van der Waals surface area contributed by atoms with E-state index in [9.17, 15) is 13.6 Å². The van der Waals surface area contributed by atoms with E-state index in [2.05, 4.69) is 5.32 Å². The Hall–Kier alpha value is -1.95. The summed E-state index contributed by atoms with van der Waals surface area (Å²) in [5, 5.41) is 11.6. The van der Waals surface area contributed by atoms with Gasteiger partial charge in [-0.05, 0) is 24.6 Å². The molecule has 0 amide bonds. The molecule has 1 aromatic heterocycles. The summed E-state index contributed by atoms with van der Waals surface area (Å²) in [4.78, 5) is 13.0. The summed E-state index contributed by atoms with van der Waals surface area (Å²) >= 11 is 1.60. The second kappa shape index (κ2) is 6.00. The van der Waals surface area contributed by atoms with Crippen LogP contribution in [0.3, 0.4) is 0 Å². The third-order valence-corrected chi connectivity index (χ3v) is 4.04. The van der Waals surface area contributed by atoms with Crippen LogP contribution in [0.25, 0.3) is 0 Å². The number of aromatic carboxylic acids is 1. The van der Waals surface area contributed by atoms with Crippen LogP contribution in [0.4, 0.5) is 14.5 Å². The number of aryl methyl sites for hydroxylation is 1. The summed E-state index contributed by atoms with van der Waals surface area (Å²) in [5.41, 5.74) is -0.565. The molecule has 2 aromatic rings. The SMILES string of the molecule is CCc1ccc(CNc2cc(C(=O)O)c(F)cc2F)s1. The first-order valence-electron chi connectivity index (χ1n) is 6.05. The molecular weight excluding hydrogens is 284 g/mol. The second-order valence-corrected chi connectivity index (χ2v) is 5.45. The number of carboxylic acids is 1. The second-order valence-electron chi connectivity index (χ2n) is 4.19. The lowest BCUT2D eigenvalue weighted by atomic mass is 10.2. The van der Waals surface area contributed by atoms with Gasteiger partial charge in [0.25, 0.3) is 0 Å². The van der Waals surface area contributed by atoms with Crippen molar-refractivity contribution in [1.29, 1.82) is 0 Å². The van der Waals surface area contributed by atoms with Gasteiger partial charge in [-0.25, -0.2) is 13.6 Å². The van der Waals surface area contributed by atoms with Crippen molar-refractivity contribution in [2.24, 2.45) is 0 Å². The van der Waals surface area contributed by atoms with Crippen LogP contribution in [0, 0.1) is 11.6 Å². The molecule has 2 N–H and O–H groups in total. The summed E-state index contributed by atoms with van der Waals surface area (Å²) in [6.45, 7) is 2.41. The van der Waals surface area contributed by atoms with E-state index in [-0.39, 0.29) is 5.69 Å². The maximum atomic E-state index is 13.6. The van der Waals surface area contributed by atoms with E-state index in [0.717, 1.165) is 17.4 Å².